The molecule has 1 saturated heterocycles. The molecule has 0 amide bonds. The molecule has 1 aromatic carbocycles. The first kappa shape index (κ1) is 12.2. The van der Waals surface area contributed by atoms with E-state index in [1.54, 1.807) is 0 Å². The van der Waals surface area contributed by atoms with Crippen LogP contribution in [0.5, 0.6) is 0 Å². The summed E-state index contributed by atoms with van der Waals surface area (Å²) in [6.07, 6.45) is 1.15. The highest BCUT2D eigenvalue weighted by Gasteiger charge is 2.28. The van der Waals surface area contributed by atoms with Crippen molar-refractivity contribution >= 4 is 24.0 Å². The third-order valence-electron chi connectivity index (χ3n) is 3.49. The molecular formula is C12H16Cl2N2. The lowest BCUT2D eigenvalue weighted by Crippen LogP contribution is -2.48. The highest BCUT2D eigenvalue weighted by molar-refractivity contribution is 6.30. The standard InChI is InChI=1S/C12H15ClN2.ClH/c13-10-1-2-11-9(7-10)3-5-15-6-4-14-8-12(11)15;/h1-2,7,12,14H,3-6,8H2;1H. The molecule has 1 atom stereocenters. The molecule has 4 heteroatoms. The first-order chi connectivity index (χ1) is 7.34. The summed E-state index contributed by atoms with van der Waals surface area (Å²) < 4.78 is 0. The van der Waals surface area contributed by atoms with E-state index in [9.17, 15) is 0 Å². The quantitative estimate of drug-likeness (QED) is 0.768. The zero-order valence-corrected chi connectivity index (χ0v) is 10.7. The summed E-state index contributed by atoms with van der Waals surface area (Å²) in [5, 5.41) is 4.33. The predicted octanol–water partition coefficient (Wildman–Crippen LogP) is 2.26. The van der Waals surface area contributed by atoms with Crippen molar-refractivity contribution in [2.24, 2.45) is 0 Å². The zero-order valence-electron chi connectivity index (χ0n) is 9.08. The van der Waals surface area contributed by atoms with E-state index in [2.05, 4.69) is 22.3 Å². The summed E-state index contributed by atoms with van der Waals surface area (Å²) in [5.41, 5.74) is 2.91. The zero-order chi connectivity index (χ0) is 10.3. The number of nitrogens with one attached hydrogen (secondary N) is 1. The summed E-state index contributed by atoms with van der Waals surface area (Å²) in [4.78, 5) is 2.58. The lowest BCUT2D eigenvalue weighted by atomic mass is 9.91. The minimum absolute atomic E-state index is 0. The molecule has 16 heavy (non-hydrogen) atoms. The van der Waals surface area contributed by atoms with Crippen LogP contribution in [-0.4, -0.2) is 31.1 Å². The van der Waals surface area contributed by atoms with Crippen LogP contribution in [0.2, 0.25) is 5.02 Å². The number of benzene rings is 1. The van der Waals surface area contributed by atoms with Crippen molar-refractivity contribution < 1.29 is 0 Å². The Morgan fingerprint density at radius 3 is 3.06 bits per heavy atom. The normalized spacial score (nSPS) is 24.2. The topological polar surface area (TPSA) is 15.3 Å². The maximum absolute atomic E-state index is 6.02. The van der Waals surface area contributed by atoms with Crippen LogP contribution in [0, 0.1) is 0 Å². The monoisotopic (exact) mass is 258 g/mol. The molecule has 1 N–H and O–H groups in total. The van der Waals surface area contributed by atoms with Gasteiger partial charge in [0.2, 0.25) is 0 Å². The molecule has 0 bridgehead atoms. The van der Waals surface area contributed by atoms with Crippen molar-refractivity contribution in [1.29, 1.82) is 0 Å². The maximum atomic E-state index is 6.02. The third kappa shape index (κ3) is 2.07. The third-order valence-corrected chi connectivity index (χ3v) is 3.72. The molecule has 1 fully saturated rings. The molecule has 0 spiro atoms. The van der Waals surface area contributed by atoms with E-state index in [0.29, 0.717) is 6.04 Å². The fraction of sp³-hybridized carbons (Fsp3) is 0.500. The van der Waals surface area contributed by atoms with Crippen molar-refractivity contribution in [3.8, 4) is 0 Å². The fourth-order valence-electron chi connectivity index (χ4n) is 2.70. The number of nitrogens with zero attached hydrogens (tertiary/aromatic N) is 1. The van der Waals surface area contributed by atoms with Crippen LogP contribution in [-0.2, 0) is 6.42 Å². The summed E-state index contributed by atoms with van der Waals surface area (Å²) in [6.45, 7) is 4.56. The molecule has 2 heterocycles. The van der Waals surface area contributed by atoms with Crippen LogP contribution in [0.15, 0.2) is 18.2 Å². The van der Waals surface area contributed by atoms with E-state index in [1.807, 2.05) is 6.07 Å². The molecule has 1 aromatic rings. The first-order valence-electron chi connectivity index (χ1n) is 5.58. The summed E-state index contributed by atoms with van der Waals surface area (Å²) >= 11 is 6.02. The van der Waals surface area contributed by atoms with Gasteiger partial charge in [-0.25, -0.2) is 0 Å². The van der Waals surface area contributed by atoms with Gasteiger partial charge in [0.25, 0.3) is 0 Å². The van der Waals surface area contributed by atoms with Crippen molar-refractivity contribution in [3.63, 3.8) is 0 Å². The Balaban J connectivity index is 0.000000963. The Hall–Kier alpha value is -0.280. The Morgan fingerprint density at radius 2 is 2.19 bits per heavy atom. The number of piperazine rings is 1. The van der Waals surface area contributed by atoms with E-state index in [0.717, 1.165) is 24.5 Å². The Labute approximate surface area is 107 Å². The number of fused-ring (bicyclic) bond motifs is 3. The lowest BCUT2D eigenvalue weighted by molar-refractivity contribution is 0.152. The molecule has 2 aliphatic rings. The minimum atomic E-state index is 0. The van der Waals surface area contributed by atoms with Gasteiger partial charge in [-0.1, -0.05) is 17.7 Å². The van der Waals surface area contributed by atoms with E-state index >= 15 is 0 Å². The molecule has 0 saturated carbocycles. The second-order valence-corrected chi connectivity index (χ2v) is 4.79. The molecule has 2 aliphatic heterocycles. The van der Waals surface area contributed by atoms with E-state index in [1.165, 1.54) is 24.2 Å². The summed E-state index contributed by atoms with van der Waals surface area (Å²) in [7, 11) is 0. The van der Waals surface area contributed by atoms with E-state index in [4.69, 9.17) is 11.6 Å². The SMILES string of the molecule is Cl.Clc1ccc2c(c1)CCN1CCNCC21. The summed E-state index contributed by atoms with van der Waals surface area (Å²) in [6, 6.07) is 6.91. The maximum Gasteiger partial charge on any atom is 0.0476 e. The smallest absolute Gasteiger partial charge is 0.0476 e. The molecule has 1 unspecified atom stereocenters. The Kier molecular flexibility index (Phi) is 3.75. The van der Waals surface area contributed by atoms with Crippen LogP contribution in [0.1, 0.15) is 17.2 Å². The van der Waals surface area contributed by atoms with Gasteiger partial charge in [0.05, 0.1) is 0 Å². The van der Waals surface area contributed by atoms with Crippen molar-refractivity contribution in [3.05, 3.63) is 34.3 Å². The van der Waals surface area contributed by atoms with Crippen molar-refractivity contribution in [1.82, 2.24) is 10.2 Å². The van der Waals surface area contributed by atoms with Crippen molar-refractivity contribution in [2.45, 2.75) is 12.5 Å². The second-order valence-electron chi connectivity index (χ2n) is 4.35. The van der Waals surface area contributed by atoms with Crippen LogP contribution >= 0.6 is 24.0 Å². The van der Waals surface area contributed by atoms with Crippen LogP contribution < -0.4 is 5.32 Å². The molecule has 2 nitrogen and oxygen atoms in total. The molecule has 0 aromatic heterocycles. The van der Waals surface area contributed by atoms with Gasteiger partial charge >= 0.3 is 0 Å². The largest absolute Gasteiger partial charge is 0.314 e. The van der Waals surface area contributed by atoms with Gasteiger partial charge in [-0.05, 0) is 29.7 Å². The first-order valence-corrected chi connectivity index (χ1v) is 5.95. The van der Waals surface area contributed by atoms with Gasteiger partial charge in [0, 0.05) is 37.2 Å². The van der Waals surface area contributed by atoms with Crippen molar-refractivity contribution in [2.75, 3.05) is 26.2 Å². The lowest BCUT2D eigenvalue weighted by Gasteiger charge is -2.40. The molecule has 0 aliphatic carbocycles. The molecular weight excluding hydrogens is 243 g/mol. The average molecular weight is 259 g/mol. The van der Waals surface area contributed by atoms with E-state index < -0.39 is 0 Å². The number of rotatable bonds is 0. The van der Waals surface area contributed by atoms with Gasteiger partial charge in [-0.3, -0.25) is 4.90 Å². The number of halogens is 2. The van der Waals surface area contributed by atoms with Crippen LogP contribution in [0.3, 0.4) is 0 Å². The average Bonchev–Trinajstić information content (AvgIpc) is 2.28. The summed E-state index contributed by atoms with van der Waals surface area (Å²) in [5.74, 6) is 0. The van der Waals surface area contributed by atoms with Gasteiger partial charge < -0.3 is 5.32 Å². The molecule has 0 radical (unpaired) electrons. The van der Waals surface area contributed by atoms with Gasteiger partial charge in [-0.15, -0.1) is 12.4 Å². The second kappa shape index (κ2) is 4.92. The van der Waals surface area contributed by atoms with Crippen LogP contribution in [0.4, 0.5) is 0 Å². The van der Waals surface area contributed by atoms with Crippen LogP contribution in [0.25, 0.3) is 0 Å². The Morgan fingerprint density at radius 1 is 1.31 bits per heavy atom. The molecule has 88 valence electrons. The molecule has 3 rings (SSSR count). The van der Waals surface area contributed by atoms with Gasteiger partial charge in [-0.2, -0.15) is 0 Å². The fourth-order valence-corrected chi connectivity index (χ4v) is 2.90. The van der Waals surface area contributed by atoms with E-state index in [-0.39, 0.29) is 12.4 Å². The highest BCUT2D eigenvalue weighted by atomic mass is 35.5. The predicted molar refractivity (Wildman–Crippen MR) is 69.6 cm³/mol. The highest BCUT2D eigenvalue weighted by Crippen LogP contribution is 2.31. The number of hydrogen-bond acceptors (Lipinski definition) is 2. The Bertz CT molecular complexity index is 381. The van der Waals surface area contributed by atoms with Gasteiger partial charge in [0.1, 0.15) is 0 Å². The number of hydrogen-bond donors (Lipinski definition) is 1. The minimum Gasteiger partial charge on any atom is -0.314 e. The van der Waals surface area contributed by atoms with Gasteiger partial charge in [0.15, 0.2) is 0 Å².